The molecule has 6 heteroatoms. The summed E-state index contributed by atoms with van der Waals surface area (Å²) in [7, 11) is 0. The van der Waals surface area contributed by atoms with Crippen LogP contribution in [-0.4, -0.2) is 27.7 Å². The molecule has 1 atom stereocenters. The minimum Gasteiger partial charge on any atom is -0.437 e. The maximum Gasteiger partial charge on any atom is 0.262 e. The highest BCUT2D eigenvalue weighted by molar-refractivity contribution is 6.32. The van der Waals surface area contributed by atoms with Gasteiger partial charge in [-0.05, 0) is 60.2 Å². The lowest BCUT2D eigenvalue weighted by Gasteiger charge is -2.23. The molecular weight excluding hydrogens is 448 g/mol. The first-order chi connectivity index (χ1) is 16.2. The van der Waals surface area contributed by atoms with Gasteiger partial charge in [-0.3, -0.25) is 14.5 Å². The largest absolute Gasteiger partial charge is 0.437 e. The molecule has 0 bridgehead atoms. The lowest BCUT2D eigenvalue weighted by Crippen LogP contribution is -2.36. The van der Waals surface area contributed by atoms with Crippen LogP contribution in [0.3, 0.4) is 0 Å². The van der Waals surface area contributed by atoms with Crippen molar-refractivity contribution in [1.29, 1.82) is 0 Å². The molecule has 174 valence electrons. The van der Waals surface area contributed by atoms with Gasteiger partial charge in [-0.1, -0.05) is 62.7 Å². The van der Waals surface area contributed by atoms with Gasteiger partial charge in [0.05, 0.1) is 22.2 Å². The molecule has 0 spiro atoms. The summed E-state index contributed by atoms with van der Waals surface area (Å²) in [4.78, 5) is 30.9. The number of ether oxygens (including phenoxy) is 1. The lowest BCUT2D eigenvalue weighted by atomic mass is 9.82. The fourth-order valence-electron chi connectivity index (χ4n) is 3.79. The first-order valence-electron chi connectivity index (χ1n) is 11.3. The van der Waals surface area contributed by atoms with E-state index in [0.717, 1.165) is 17.5 Å². The molecule has 0 unspecified atom stereocenters. The Morgan fingerprint density at radius 3 is 2.29 bits per heavy atom. The number of aromatic nitrogens is 1. The average molecular weight is 475 g/mol. The molecule has 2 amide bonds. The second-order valence-corrected chi connectivity index (χ2v) is 9.45. The summed E-state index contributed by atoms with van der Waals surface area (Å²) in [5, 5.41) is 0.541. The Morgan fingerprint density at radius 2 is 1.74 bits per heavy atom. The molecule has 1 aliphatic rings. The normalized spacial score (nSPS) is 14.6. The molecule has 2 heterocycles. The van der Waals surface area contributed by atoms with E-state index in [1.54, 1.807) is 36.5 Å². The van der Waals surface area contributed by atoms with Crippen LogP contribution in [0, 0.1) is 0 Å². The van der Waals surface area contributed by atoms with Crippen LogP contribution in [0.1, 0.15) is 66.0 Å². The smallest absolute Gasteiger partial charge is 0.262 e. The molecule has 0 N–H and O–H groups in total. The molecule has 0 aliphatic carbocycles. The van der Waals surface area contributed by atoms with E-state index in [1.807, 2.05) is 43.3 Å². The zero-order valence-corrected chi connectivity index (χ0v) is 20.5. The van der Waals surface area contributed by atoms with Crippen molar-refractivity contribution in [2.24, 2.45) is 0 Å². The van der Waals surface area contributed by atoms with E-state index < -0.39 is 6.04 Å². The Balaban J connectivity index is 1.43. The second-order valence-electron chi connectivity index (χ2n) is 9.04. The van der Waals surface area contributed by atoms with E-state index in [0.29, 0.717) is 27.8 Å². The zero-order valence-electron chi connectivity index (χ0n) is 19.7. The average Bonchev–Trinajstić information content (AvgIpc) is 3.09. The van der Waals surface area contributed by atoms with E-state index in [9.17, 15) is 9.59 Å². The van der Waals surface area contributed by atoms with Crippen LogP contribution in [0.4, 0.5) is 0 Å². The molecule has 0 radical (unpaired) electrons. The molecule has 3 aromatic rings. The Morgan fingerprint density at radius 1 is 1.06 bits per heavy atom. The van der Waals surface area contributed by atoms with Crippen LogP contribution in [-0.2, 0) is 5.41 Å². The summed E-state index contributed by atoms with van der Waals surface area (Å²) < 4.78 is 5.87. The molecule has 0 saturated heterocycles. The number of hydrogen-bond donors (Lipinski definition) is 0. The molecule has 0 saturated carbocycles. The van der Waals surface area contributed by atoms with Gasteiger partial charge < -0.3 is 4.74 Å². The standard InChI is InChI=1S/C28H27ClN2O3/c1-5-28(3,4)20-13-14-24(23(29)16-20)34-25-15-12-19(17-30-25)11-10-18(2)31-26(32)21-8-6-7-9-22(21)27(31)33/h6-18H,5H2,1-4H3/b11-10+/t18-/m0/s1. The van der Waals surface area contributed by atoms with Crippen LogP contribution in [0.5, 0.6) is 11.6 Å². The van der Waals surface area contributed by atoms with Crippen molar-refractivity contribution in [3.63, 3.8) is 0 Å². The van der Waals surface area contributed by atoms with Gasteiger partial charge in [-0.25, -0.2) is 4.98 Å². The summed E-state index contributed by atoms with van der Waals surface area (Å²) >= 11 is 6.45. The van der Waals surface area contributed by atoms with Crippen molar-refractivity contribution in [2.45, 2.75) is 45.6 Å². The Hall–Kier alpha value is -3.44. The molecule has 4 rings (SSSR count). The molecule has 5 nitrogen and oxygen atoms in total. The van der Waals surface area contributed by atoms with E-state index in [2.05, 4.69) is 25.8 Å². The maximum atomic E-state index is 12.6. The first kappa shape index (κ1) is 23.7. The summed E-state index contributed by atoms with van der Waals surface area (Å²) in [6.45, 7) is 8.33. The quantitative estimate of drug-likeness (QED) is 0.349. The third-order valence-electron chi connectivity index (χ3n) is 6.37. The maximum absolute atomic E-state index is 12.6. The fraction of sp³-hybridized carbons (Fsp3) is 0.250. The van der Waals surface area contributed by atoms with Gasteiger partial charge in [0, 0.05) is 12.3 Å². The summed E-state index contributed by atoms with van der Waals surface area (Å²) in [6.07, 6.45) is 6.32. The molecule has 1 aromatic heterocycles. The molecular formula is C28H27ClN2O3. The topological polar surface area (TPSA) is 59.5 Å². The minimum absolute atomic E-state index is 0.0403. The van der Waals surface area contributed by atoms with Crippen molar-refractivity contribution >= 4 is 29.5 Å². The second kappa shape index (κ2) is 9.43. The summed E-state index contributed by atoms with van der Waals surface area (Å²) in [5.41, 5.74) is 2.91. The SMILES string of the molecule is CCC(C)(C)c1ccc(Oc2ccc(/C=C/[C@H](C)N3C(=O)c4ccccc4C3=O)cn2)c(Cl)c1. The number of carbonyl (C=O) groups is 2. The van der Waals surface area contributed by atoms with Crippen LogP contribution in [0.2, 0.25) is 5.02 Å². The van der Waals surface area contributed by atoms with Crippen LogP contribution in [0.25, 0.3) is 6.08 Å². The van der Waals surface area contributed by atoms with E-state index in [-0.39, 0.29) is 17.2 Å². The third-order valence-corrected chi connectivity index (χ3v) is 6.67. The van der Waals surface area contributed by atoms with Crippen LogP contribution in [0.15, 0.2) is 66.9 Å². The predicted octanol–water partition coefficient (Wildman–Crippen LogP) is 6.91. The number of amides is 2. The van der Waals surface area contributed by atoms with Gasteiger partial charge in [0.2, 0.25) is 5.88 Å². The number of nitrogens with zero attached hydrogens (tertiary/aromatic N) is 2. The van der Waals surface area contributed by atoms with Crippen molar-refractivity contribution in [3.05, 3.63) is 94.1 Å². The number of fused-ring (bicyclic) bond motifs is 1. The Bertz CT molecular complexity index is 1230. The van der Waals surface area contributed by atoms with Gasteiger partial charge in [-0.2, -0.15) is 0 Å². The number of benzene rings is 2. The minimum atomic E-state index is -0.395. The number of halogens is 1. The van der Waals surface area contributed by atoms with Gasteiger partial charge in [0.25, 0.3) is 11.8 Å². The Kier molecular flexibility index (Phi) is 6.58. The Labute approximate surface area is 205 Å². The number of rotatable bonds is 7. The number of imide groups is 1. The van der Waals surface area contributed by atoms with Crippen molar-refractivity contribution < 1.29 is 14.3 Å². The van der Waals surface area contributed by atoms with Gasteiger partial charge in [-0.15, -0.1) is 0 Å². The third kappa shape index (κ3) is 4.62. The molecule has 0 fully saturated rings. The number of hydrogen-bond acceptors (Lipinski definition) is 4. The molecule has 34 heavy (non-hydrogen) atoms. The van der Waals surface area contributed by atoms with E-state index in [1.165, 1.54) is 4.90 Å². The van der Waals surface area contributed by atoms with Crippen molar-refractivity contribution in [3.8, 4) is 11.6 Å². The van der Waals surface area contributed by atoms with E-state index >= 15 is 0 Å². The highest BCUT2D eigenvalue weighted by Gasteiger charge is 2.37. The highest BCUT2D eigenvalue weighted by Crippen LogP contribution is 2.35. The summed E-state index contributed by atoms with van der Waals surface area (Å²) in [6, 6.07) is 15.9. The lowest BCUT2D eigenvalue weighted by molar-refractivity contribution is 0.0625. The first-order valence-corrected chi connectivity index (χ1v) is 11.7. The van der Waals surface area contributed by atoms with Crippen LogP contribution < -0.4 is 4.74 Å². The summed E-state index contributed by atoms with van der Waals surface area (Å²) in [5.74, 6) is 0.428. The fourth-order valence-corrected chi connectivity index (χ4v) is 4.01. The predicted molar refractivity (Wildman–Crippen MR) is 135 cm³/mol. The monoisotopic (exact) mass is 474 g/mol. The number of pyridine rings is 1. The molecule has 1 aliphatic heterocycles. The highest BCUT2D eigenvalue weighted by atomic mass is 35.5. The van der Waals surface area contributed by atoms with Gasteiger partial charge in [0.15, 0.2) is 0 Å². The zero-order chi connectivity index (χ0) is 24.5. The van der Waals surface area contributed by atoms with Crippen LogP contribution >= 0.6 is 11.6 Å². The number of carbonyl (C=O) groups excluding carboxylic acids is 2. The van der Waals surface area contributed by atoms with Gasteiger partial charge >= 0.3 is 0 Å². The molecule has 2 aromatic carbocycles. The van der Waals surface area contributed by atoms with Gasteiger partial charge in [0.1, 0.15) is 5.75 Å². The van der Waals surface area contributed by atoms with E-state index in [4.69, 9.17) is 16.3 Å². The van der Waals surface area contributed by atoms with Crippen molar-refractivity contribution in [1.82, 2.24) is 9.88 Å². The van der Waals surface area contributed by atoms with Crippen molar-refractivity contribution in [2.75, 3.05) is 0 Å².